The molecule has 8 heteroatoms. The Morgan fingerprint density at radius 1 is 1.35 bits per heavy atom. The zero-order valence-corrected chi connectivity index (χ0v) is 11.8. The van der Waals surface area contributed by atoms with E-state index in [0.29, 0.717) is 28.9 Å². The molecule has 1 aromatic carbocycles. The maximum absolute atomic E-state index is 11.9. The van der Waals surface area contributed by atoms with Crippen LogP contribution in [0, 0.1) is 0 Å². The molecule has 0 fully saturated rings. The Labute approximate surface area is 117 Å². The van der Waals surface area contributed by atoms with Crippen LogP contribution < -0.4 is 15.2 Å². The maximum atomic E-state index is 11.9. The monoisotopic (exact) mass is 296 g/mol. The van der Waals surface area contributed by atoms with Gasteiger partial charge in [-0.1, -0.05) is 0 Å². The number of aromatic nitrogens is 1. The molecule has 0 atom stereocenters. The fraction of sp³-hybridized carbons (Fsp3) is 0.250. The molecule has 4 N–H and O–H groups in total. The summed E-state index contributed by atoms with van der Waals surface area (Å²) in [7, 11) is -2.16. The van der Waals surface area contributed by atoms with Crippen LogP contribution in [0.1, 0.15) is 0 Å². The maximum Gasteiger partial charge on any atom is 0.299 e. The number of benzene rings is 1. The summed E-state index contributed by atoms with van der Waals surface area (Å²) in [6.45, 7) is 0.488. The number of hydrogen-bond acceptors (Lipinski definition) is 5. The van der Waals surface area contributed by atoms with Crippen molar-refractivity contribution in [3.8, 4) is 0 Å². The van der Waals surface area contributed by atoms with Crippen molar-refractivity contribution < 1.29 is 13.2 Å². The summed E-state index contributed by atoms with van der Waals surface area (Å²) in [6, 6.07) is 6.70. The number of nitrogen functional groups attached to an aromatic ring is 1. The molecule has 0 aliphatic rings. The average molecular weight is 296 g/mol. The first kappa shape index (κ1) is 14.5. The minimum absolute atomic E-state index is 0.191. The second-order valence-corrected chi connectivity index (χ2v) is 5.59. The second-order valence-electron chi connectivity index (χ2n) is 4.09. The lowest BCUT2D eigenvalue weighted by atomic mass is 10.1. The Morgan fingerprint density at radius 3 is 2.90 bits per heavy atom. The van der Waals surface area contributed by atoms with Gasteiger partial charge in [-0.2, -0.15) is 13.1 Å². The van der Waals surface area contributed by atoms with Crippen molar-refractivity contribution >= 4 is 32.5 Å². The van der Waals surface area contributed by atoms with Crippen LogP contribution in [0.5, 0.6) is 0 Å². The van der Waals surface area contributed by atoms with Crippen molar-refractivity contribution in [3.63, 3.8) is 0 Å². The zero-order valence-electron chi connectivity index (χ0n) is 11.0. The third kappa shape index (κ3) is 3.35. The molecule has 108 valence electrons. The van der Waals surface area contributed by atoms with Crippen LogP contribution in [0.2, 0.25) is 0 Å². The number of pyridine rings is 1. The normalized spacial score (nSPS) is 11.7. The lowest BCUT2D eigenvalue weighted by Crippen LogP contribution is -2.32. The molecule has 7 nitrogen and oxygen atoms in total. The molecule has 0 saturated carbocycles. The van der Waals surface area contributed by atoms with Crippen LogP contribution in [0.4, 0.5) is 11.4 Å². The minimum Gasteiger partial charge on any atom is -0.397 e. The van der Waals surface area contributed by atoms with E-state index in [1.807, 2.05) is 0 Å². The average Bonchev–Trinajstić information content (AvgIpc) is 2.42. The molecule has 0 spiro atoms. The summed E-state index contributed by atoms with van der Waals surface area (Å²) in [5, 5.41) is 0.643. The quantitative estimate of drug-likeness (QED) is 0.537. The zero-order chi connectivity index (χ0) is 14.6. The number of fused-ring (bicyclic) bond motifs is 1. The molecule has 0 aliphatic heterocycles. The topological polar surface area (TPSA) is 106 Å². The third-order valence-electron chi connectivity index (χ3n) is 2.64. The molecule has 0 bridgehead atoms. The smallest absolute Gasteiger partial charge is 0.299 e. The first-order chi connectivity index (χ1) is 9.53. The first-order valence-electron chi connectivity index (χ1n) is 5.93. The summed E-state index contributed by atoms with van der Waals surface area (Å²) in [5.74, 6) is 0. The van der Waals surface area contributed by atoms with Crippen LogP contribution in [-0.4, -0.2) is 33.7 Å². The number of methoxy groups -OCH3 is 1. The lowest BCUT2D eigenvalue weighted by Gasteiger charge is -2.12. The molecule has 2 aromatic rings. The van der Waals surface area contributed by atoms with Crippen LogP contribution in [0.3, 0.4) is 0 Å². The van der Waals surface area contributed by atoms with E-state index in [4.69, 9.17) is 10.5 Å². The van der Waals surface area contributed by atoms with Crippen LogP contribution in [0.25, 0.3) is 10.9 Å². The van der Waals surface area contributed by atoms with Gasteiger partial charge in [0.05, 0.1) is 23.5 Å². The molecular weight excluding hydrogens is 280 g/mol. The van der Waals surface area contributed by atoms with E-state index in [-0.39, 0.29) is 6.54 Å². The third-order valence-corrected chi connectivity index (χ3v) is 3.72. The summed E-state index contributed by atoms with van der Waals surface area (Å²) >= 11 is 0. The Hall–Kier alpha value is -1.90. The molecule has 0 aliphatic carbocycles. The van der Waals surface area contributed by atoms with Gasteiger partial charge in [-0.15, -0.1) is 0 Å². The number of nitrogens with zero attached hydrogens (tertiary/aromatic N) is 1. The Morgan fingerprint density at radius 2 is 2.15 bits per heavy atom. The van der Waals surface area contributed by atoms with E-state index < -0.39 is 10.2 Å². The number of anilines is 2. The van der Waals surface area contributed by atoms with Gasteiger partial charge >= 0.3 is 0 Å². The van der Waals surface area contributed by atoms with Crippen molar-refractivity contribution in [1.82, 2.24) is 9.71 Å². The van der Waals surface area contributed by atoms with E-state index in [9.17, 15) is 8.42 Å². The van der Waals surface area contributed by atoms with Gasteiger partial charge in [-0.05, 0) is 24.3 Å². The fourth-order valence-corrected chi connectivity index (χ4v) is 2.63. The van der Waals surface area contributed by atoms with Crippen molar-refractivity contribution in [3.05, 3.63) is 30.5 Å². The summed E-state index contributed by atoms with van der Waals surface area (Å²) in [5.41, 5.74) is 7.29. The molecule has 20 heavy (non-hydrogen) atoms. The molecule has 1 heterocycles. The Balaban J connectivity index is 2.28. The summed E-state index contributed by atoms with van der Waals surface area (Å²) < 4.78 is 33.4. The molecule has 2 rings (SSSR count). The van der Waals surface area contributed by atoms with E-state index in [1.165, 1.54) is 7.11 Å². The van der Waals surface area contributed by atoms with Gasteiger partial charge in [0.15, 0.2) is 0 Å². The van der Waals surface area contributed by atoms with Gasteiger partial charge in [0.1, 0.15) is 0 Å². The number of nitrogens with two attached hydrogens (primary N) is 1. The molecular formula is C12H16N4O3S. The van der Waals surface area contributed by atoms with Gasteiger partial charge in [-0.3, -0.25) is 9.71 Å². The van der Waals surface area contributed by atoms with E-state index >= 15 is 0 Å². The van der Waals surface area contributed by atoms with Gasteiger partial charge in [-0.25, -0.2) is 0 Å². The predicted octanol–water partition coefficient (Wildman–Crippen LogP) is 0.710. The predicted molar refractivity (Wildman–Crippen MR) is 78.6 cm³/mol. The highest BCUT2D eigenvalue weighted by atomic mass is 32.2. The molecule has 0 radical (unpaired) electrons. The highest BCUT2D eigenvalue weighted by molar-refractivity contribution is 7.90. The van der Waals surface area contributed by atoms with E-state index in [0.717, 1.165) is 0 Å². The first-order valence-corrected chi connectivity index (χ1v) is 7.41. The number of nitrogens with one attached hydrogen (secondary N) is 2. The minimum atomic E-state index is -3.66. The van der Waals surface area contributed by atoms with Crippen molar-refractivity contribution in [2.75, 3.05) is 30.7 Å². The molecule has 0 saturated heterocycles. The van der Waals surface area contributed by atoms with Crippen LogP contribution in [0.15, 0.2) is 30.5 Å². The fourth-order valence-electron chi connectivity index (χ4n) is 1.74. The Bertz CT molecular complexity index is 703. The van der Waals surface area contributed by atoms with Crippen LogP contribution >= 0.6 is 0 Å². The van der Waals surface area contributed by atoms with Gasteiger partial charge < -0.3 is 10.5 Å². The van der Waals surface area contributed by atoms with Crippen molar-refractivity contribution in [2.45, 2.75) is 0 Å². The highest BCUT2D eigenvalue weighted by Gasteiger charge is 2.12. The molecule has 0 unspecified atom stereocenters. The van der Waals surface area contributed by atoms with E-state index in [1.54, 1.807) is 30.5 Å². The number of rotatable bonds is 6. The van der Waals surface area contributed by atoms with Crippen molar-refractivity contribution in [2.24, 2.45) is 0 Å². The number of hydrogen-bond donors (Lipinski definition) is 3. The summed E-state index contributed by atoms with van der Waals surface area (Å²) in [4.78, 5) is 4.15. The standard InChI is InChI=1S/C12H16N4O3S/c1-19-8-7-15-20(17,18)16-11-5-4-10(13)12-9(11)3-2-6-14-12/h2-6,15-16H,7-8,13H2,1H3. The van der Waals surface area contributed by atoms with Crippen LogP contribution in [-0.2, 0) is 14.9 Å². The number of ether oxygens (including phenoxy) is 1. The van der Waals surface area contributed by atoms with Gasteiger partial charge in [0, 0.05) is 25.2 Å². The van der Waals surface area contributed by atoms with Crippen molar-refractivity contribution in [1.29, 1.82) is 0 Å². The summed E-state index contributed by atoms with van der Waals surface area (Å²) in [6.07, 6.45) is 1.60. The second kappa shape index (κ2) is 6.04. The lowest BCUT2D eigenvalue weighted by molar-refractivity contribution is 0.204. The highest BCUT2D eigenvalue weighted by Crippen LogP contribution is 2.26. The molecule has 1 aromatic heterocycles. The molecule has 0 amide bonds. The van der Waals surface area contributed by atoms with Gasteiger partial charge in [0.25, 0.3) is 10.2 Å². The van der Waals surface area contributed by atoms with Gasteiger partial charge in [0.2, 0.25) is 0 Å². The van der Waals surface area contributed by atoms with E-state index in [2.05, 4.69) is 14.4 Å². The Kier molecular flexibility index (Phi) is 4.38. The largest absolute Gasteiger partial charge is 0.397 e. The SMILES string of the molecule is COCCNS(=O)(=O)Nc1ccc(N)c2ncccc12.